The van der Waals surface area contributed by atoms with Gasteiger partial charge in [-0.2, -0.15) is 0 Å². The lowest BCUT2D eigenvalue weighted by Crippen LogP contribution is -2.01. The smallest absolute Gasteiger partial charge is 0.284 e. The maximum Gasteiger partial charge on any atom is 0.284 e. The van der Waals surface area contributed by atoms with Crippen molar-refractivity contribution >= 4 is 12.2 Å². The summed E-state index contributed by atoms with van der Waals surface area (Å²) in [7, 11) is 0. The van der Waals surface area contributed by atoms with Crippen molar-refractivity contribution < 1.29 is 4.42 Å². The van der Waals surface area contributed by atoms with Crippen molar-refractivity contribution in [2.45, 2.75) is 33.1 Å². The lowest BCUT2D eigenvalue weighted by atomic mass is 9.93. The number of hydrogen-bond donors (Lipinski definition) is 1. The molecule has 2 aromatic rings. The Morgan fingerprint density at radius 2 is 2.18 bits per heavy atom. The maximum atomic E-state index is 5.29. The summed E-state index contributed by atoms with van der Waals surface area (Å²) in [5.74, 6) is 1.04. The van der Waals surface area contributed by atoms with Crippen LogP contribution in [0.3, 0.4) is 0 Å². The highest BCUT2D eigenvalue weighted by atomic mass is 32.1. The van der Waals surface area contributed by atoms with E-state index in [1.807, 2.05) is 0 Å². The number of H-pyrrole nitrogens is 1. The molecular formula is C13H16N2OS. The second-order valence-electron chi connectivity index (χ2n) is 4.47. The number of aromatic amines is 1. The van der Waals surface area contributed by atoms with Gasteiger partial charge in [-0.25, -0.2) is 5.10 Å². The Balaban J connectivity index is 2.19. The van der Waals surface area contributed by atoms with E-state index in [0.29, 0.717) is 16.6 Å². The third kappa shape index (κ3) is 2.82. The van der Waals surface area contributed by atoms with E-state index in [4.69, 9.17) is 16.6 Å². The Bertz CT molecular complexity index is 571. The standard InChI is InChI=1S/C13H16N2OS/c1-8-4-5-11(9(2)6-8)10(3)7-12-14-15-13(17)16-12/h4-6,10H,7H2,1-3H3,(H,15,17). The van der Waals surface area contributed by atoms with Gasteiger partial charge in [0, 0.05) is 6.42 Å². The SMILES string of the molecule is Cc1ccc(C(C)Cc2n[nH]c(=S)o2)c(C)c1. The van der Waals surface area contributed by atoms with E-state index in [-0.39, 0.29) is 0 Å². The summed E-state index contributed by atoms with van der Waals surface area (Å²) in [4.78, 5) is 0.341. The van der Waals surface area contributed by atoms with Crippen molar-refractivity contribution in [1.82, 2.24) is 10.2 Å². The molecule has 0 saturated carbocycles. The van der Waals surface area contributed by atoms with Crippen LogP contribution in [0.4, 0.5) is 0 Å². The largest absolute Gasteiger partial charge is 0.414 e. The fourth-order valence-corrected chi connectivity index (χ4v) is 2.24. The van der Waals surface area contributed by atoms with Crippen LogP contribution in [0.25, 0.3) is 0 Å². The fourth-order valence-electron chi connectivity index (χ4n) is 2.10. The lowest BCUT2D eigenvalue weighted by molar-refractivity contribution is 0.465. The molecule has 0 saturated heterocycles. The van der Waals surface area contributed by atoms with E-state index in [0.717, 1.165) is 6.42 Å². The van der Waals surface area contributed by atoms with Gasteiger partial charge in [0.1, 0.15) is 0 Å². The summed E-state index contributed by atoms with van der Waals surface area (Å²) in [5.41, 5.74) is 3.93. The molecule has 0 spiro atoms. The highest BCUT2D eigenvalue weighted by molar-refractivity contribution is 7.71. The Morgan fingerprint density at radius 3 is 2.76 bits per heavy atom. The van der Waals surface area contributed by atoms with Gasteiger partial charge in [-0.3, -0.25) is 0 Å². The van der Waals surface area contributed by atoms with Crippen LogP contribution in [0.15, 0.2) is 22.6 Å². The van der Waals surface area contributed by atoms with Crippen LogP contribution in [0.2, 0.25) is 0 Å². The molecule has 1 unspecified atom stereocenters. The molecule has 1 N–H and O–H groups in total. The molecule has 0 fully saturated rings. The minimum Gasteiger partial charge on any atom is -0.414 e. The minimum atomic E-state index is 0.341. The number of aromatic nitrogens is 2. The molecule has 3 nitrogen and oxygen atoms in total. The molecule has 1 aromatic carbocycles. The predicted molar refractivity (Wildman–Crippen MR) is 69.7 cm³/mol. The Hall–Kier alpha value is -1.42. The third-order valence-corrected chi connectivity index (χ3v) is 3.09. The van der Waals surface area contributed by atoms with E-state index in [2.05, 4.69) is 49.2 Å². The van der Waals surface area contributed by atoms with Crippen LogP contribution in [-0.4, -0.2) is 10.2 Å². The quantitative estimate of drug-likeness (QED) is 0.842. The van der Waals surface area contributed by atoms with Gasteiger partial charge in [0.2, 0.25) is 5.89 Å². The van der Waals surface area contributed by atoms with Gasteiger partial charge in [0.15, 0.2) is 0 Å². The van der Waals surface area contributed by atoms with Gasteiger partial charge < -0.3 is 4.42 Å². The number of hydrogen-bond acceptors (Lipinski definition) is 3. The molecule has 1 aromatic heterocycles. The highest BCUT2D eigenvalue weighted by Gasteiger charge is 2.12. The average Bonchev–Trinajstić information content (AvgIpc) is 2.63. The van der Waals surface area contributed by atoms with Crippen molar-refractivity contribution in [1.29, 1.82) is 0 Å². The van der Waals surface area contributed by atoms with Crippen molar-refractivity contribution in [2.75, 3.05) is 0 Å². The number of rotatable bonds is 3. The molecule has 90 valence electrons. The van der Waals surface area contributed by atoms with E-state index in [1.54, 1.807) is 0 Å². The topological polar surface area (TPSA) is 41.8 Å². The maximum absolute atomic E-state index is 5.29. The molecule has 0 amide bonds. The Labute approximate surface area is 106 Å². The normalized spacial score (nSPS) is 12.6. The lowest BCUT2D eigenvalue weighted by Gasteiger charge is -2.13. The second-order valence-corrected chi connectivity index (χ2v) is 4.84. The molecule has 2 rings (SSSR count). The van der Waals surface area contributed by atoms with Crippen LogP contribution >= 0.6 is 12.2 Å². The summed E-state index contributed by atoms with van der Waals surface area (Å²) in [6.45, 7) is 6.41. The van der Waals surface area contributed by atoms with Gasteiger partial charge in [-0.1, -0.05) is 30.7 Å². The number of aryl methyl sites for hydroxylation is 2. The van der Waals surface area contributed by atoms with Gasteiger partial charge in [-0.15, -0.1) is 5.10 Å². The third-order valence-electron chi connectivity index (χ3n) is 2.92. The molecule has 1 atom stereocenters. The first-order chi connectivity index (χ1) is 8.06. The molecule has 0 aliphatic heterocycles. The summed E-state index contributed by atoms with van der Waals surface area (Å²) in [6, 6.07) is 6.52. The zero-order chi connectivity index (χ0) is 12.4. The first-order valence-corrected chi connectivity index (χ1v) is 6.08. The van der Waals surface area contributed by atoms with Gasteiger partial charge in [0.05, 0.1) is 0 Å². The van der Waals surface area contributed by atoms with Crippen LogP contribution in [0.1, 0.15) is 35.4 Å². The van der Waals surface area contributed by atoms with Crippen LogP contribution in [0, 0.1) is 18.7 Å². The van der Waals surface area contributed by atoms with Crippen LogP contribution < -0.4 is 0 Å². The van der Waals surface area contributed by atoms with Crippen molar-refractivity contribution in [2.24, 2.45) is 0 Å². The fraction of sp³-hybridized carbons (Fsp3) is 0.385. The molecule has 0 aliphatic carbocycles. The first-order valence-electron chi connectivity index (χ1n) is 5.68. The van der Waals surface area contributed by atoms with Crippen molar-refractivity contribution in [3.05, 3.63) is 45.6 Å². The van der Waals surface area contributed by atoms with Crippen molar-refractivity contribution in [3.63, 3.8) is 0 Å². The Morgan fingerprint density at radius 1 is 1.41 bits per heavy atom. The molecule has 0 bridgehead atoms. The zero-order valence-corrected chi connectivity index (χ0v) is 11.1. The van der Waals surface area contributed by atoms with Crippen LogP contribution in [-0.2, 0) is 6.42 Å². The molecule has 17 heavy (non-hydrogen) atoms. The zero-order valence-electron chi connectivity index (χ0n) is 10.3. The average molecular weight is 248 g/mol. The number of benzene rings is 1. The first kappa shape index (κ1) is 12.0. The van der Waals surface area contributed by atoms with Crippen LogP contribution in [0.5, 0.6) is 0 Å². The molecule has 4 heteroatoms. The van der Waals surface area contributed by atoms with Gasteiger partial charge >= 0.3 is 0 Å². The molecule has 0 aliphatic rings. The monoisotopic (exact) mass is 248 g/mol. The van der Waals surface area contributed by atoms with E-state index in [1.165, 1.54) is 16.7 Å². The second kappa shape index (κ2) is 4.84. The highest BCUT2D eigenvalue weighted by Crippen LogP contribution is 2.23. The van der Waals surface area contributed by atoms with E-state index < -0.39 is 0 Å². The molecule has 0 radical (unpaired) electrons. The predicted octanol–water partition coefficient (Wildman–Crippen LogP) is 3.70. The summed E-state index contributed by atoms with van der Waals surface area (Å²) in [6.07, 6.45) is 0.761. The molecule has 1 heterocycles. The molecular weight excluding hydrogens is 232 g/mol. The van der Waals surface area contributed by atoms with Gasteiger partial charge in [0.25, 0.3) is 4.84 Å². The van der Waals surface area contributed by atoms with E-state index >= 15 is 0 Å². The van der Waals surface area contributed by atoms with Gasteiger partial charge in [-0.05, 0) is 43.1 Å². The number of nitrogens with one attached hydrogen (secondary N) is 1. The Kier molecular flexibility index (Phi) is 3.43. The minimum absolute atomic E-state index is 0.341. The summed E-state index contributed by atoms with van der Waals surface area (Å²) in [5, 5.41) is 6.68. The number of nitrogens with zero attached hydrogens (tertiary/aromatic N) is 1. The summed E-state index contributed by atoms with van der Waals surface area (Å²) >= 11 is 4.86. The van der Waals surface area contributed by atoms with E-state index in [9.17, 15) is 0 Å². The summed E-state index contributed by atoms with van der Waals surface area (Å²) < 4.78 is 5.29. The van der Waals surface area contributed by atoms with Crippen molar-refractivity contribution in [3.8, 4) is 0 Å².